The Bertz CT molecular complexity index is 865. The lowest BCUT2D eigenvalue weighted by molar-refractivity contribution is -0.133. The highest BCUT2D eigenvalue weighted by Crippen LogP contribution is 2.20. The van der Waals surface area contributed by atoms with Gasteiger partial charge in [0.05, 0.1) is 17.9 Å². The van der Waals surface area contributed by atoms with E-state index < -0.39 is 0 Å². The monoisotopic (exact) mass is 351 g/mol. The van der Waals surface area contributed by atoms with Crippen LogP contribution in [0.1, 0.15) is 44.2 Å². The van der Waals surface area contributed by atoms with Crippen molar-refractivity contribution >= 4 is 5.91 Å². The molecule has 1 atom stereocenters. The van der Waals surface area contributed by atoms with Crippen molar-refractivity contribution < 1.29 is 4.79 Å². The van der Waals surface area contributed by atoms with Crippen LogP contribution in [0, 0.1) is 0 Å². The van der Waals surface area contributed by atoms with Crippen molar-refractivity contribution in [3.8, 4) is 11.3 Å². The topological polar surface area (TPSA) is 66.8 Å². The number of carbonyl (C=O) groups excluding carboxylic acids is 1. The number of carbonyl (C=O) groups is 1. The summed E-state index contributed by atoms with van der Waals surface area (Å²) in [5, 5.41) is 7.38. The Morgan fingerprint density at radius 3 is 2.65 bits per heavy atom. The number of rotatable bonds is 6. The summed E-state index contributed by atoms with van der Waals surface area (Å²) in [4.78, 5) is 18.9. The van der Waals surface area contributed by atoms with Crippen molar-refractivity contribution in [2.24, 2.45) is 0 Å². The zero-order valence-corrected chi connectivity index (χ0v) is 15.7. The summed E-state index contributed by atoms with van der Waals surface area (Å²) in [5.41, 5.74) is 2.84. The van der Waals surface area contributed by atoms with Gasteiger partial charge in [0, 0.05) is 30.9 Å². The largest absolute Gasteiger partial charge is 0.338 e. The first-order valence-corrected chi connectivity index (χ1v) is 8.84. The summed E-state index contributed by atoms with van der Waals surface area (Å²) in [7, 11) is 1.81. The van der Waals surface area contributed by atoms with Crippen LogP contribution in [0.25, 0.3) is 11.3 Å². The van der Waals surface area contributed by atoms with Crippen molar-refractivity contribution in [3.63, 3.8) is 0 Å². The van der Waals surface area contributed by atoms with E-state index in [2.05, 4.69) is 29.0 Å². The lowest BCUT2D eigenvalue weighted by Gasteiger charge is -2.23. The molecule has 3 aromatic rings. The molecule has 0 aliphatic carbocycles. The number of imidazole rings is 1. The van der Waals surface area contributed by atoms with E-state index in [-0.39, 0.29) is 17.9 Å². The summed E-state index contributed by atoms with van der Waals surface area (Å²) in [6.45, 7) is 6.55. The average Bonchev–Trinajstić information content (AvgIpc) is 3.30. The minimum absolute atomic E-state index is 0.0424. The number of benzene rings is 1. The number of hydrogen-bond acceptors (Lipinski definition) is 3. The van der Waals surface area contributed by atoms with E-state index in [1.807, 2.05) is 61.1 Å². The highest BCUT2D eigenvalue weighted by molar-refractivity contribution is 5.80. The Morgan fingerprint density at radius 2 is 1.96 bits per heavy atom. The summed E-state index contributed by atoms with van der Waals surface area (Å²) >= 11 is 0. The van der Waals surface area contributed by atoms with Gasteiger partial charge in [0.25, 0.3) is 0 Å². The van der Waals surface area contributed by atoms with Crippen molar-refractivity contribution in [3.05, 3.63) is 60.3 Å². The molecule has 136 valence electrons. The third kappa shape index (κ3) is 3.69. The SMILES string of the molecule is CC(C)c1nccn1[C@H](C)C(=O)N(C)Cc1cc(-c2ccccc2)n[nH]1. The third-order valence-electron chi connectivity index (χ3n) is 4.47. The maximum atomic E-state index is 12.8. The highest BCUT2D eigenvalue weighted by Gasteiger charge is 2.22. The summed E-state index contributed by atoms with van der Waals surface area (Å²) < 4.78 is 1.95. The second-order valence-corrected chi connectivity index (χ2v) is 6.86. The van der Waals surface area contributed by atoms with E-state index in [9.17, 15) is 4.79 Å². The van der Waals surface area contributed by atoms with Crippen molar-refractivity contribution in [2.75, 3.05) is 7.05 Å². The number of amides is 1. The van der Waals surface area contributed by atoms with Gasteiger partial charge in [-0.2, -0.15) is 5.10 Å². The molecule has 2 heterocycles. The normalized spacial score (nSPS) is 12.3. The number of aromatic nitrogens is 4. The zero-order chi connectivity index (χ0) is 18.7. The molecular weight excluding hydrogens is 326 g/mol. The molecule has 1 amide bonds. The van der Waals surface area contributed by atoms with Gasteiger partial charge in [-0.3, -0.25) is 9.89 Å². The Hall–Kier alpha value is -2.89. The maximum Gasteiger partial charge on any atom is 0.245 e. The van der Waals surface area contributed by atoms with Crippen LogP contribution < -0.4 is 0 Å². The second-order valence-electron chi connectivity index (χ2n) is 6.86. The lowest BCUT2D eigenvalue weighted by Crippen LogP contribution is -2.33. The van der Waals surface area contributed by atoms with Gasteiger partial charge in [-0.1, -0.05) is 44.2 Å². The molecule has 6 nitrogen and oxygen atoms in total. The minimum atomic E-state index is -0.295. The van der Waals surface area contributed by atoms with Crippen LogP contribution in [0.4, 0.5) is 0 Å². The molecule has 0 saturated heterocycles. The molecule has 0 aliphatic rings. The van der Waals surface area contributed by atoms with Gasteiger partial charge >= 0.3 is 0 Å². The molecule has 6 heteroatoms. The van der Waals surface area contributed by atoms with Crippen LogP contribution in [-0.2, 0) is 11.3 Å². The Kier molecular flexibility index (Phi) is 5.21. The summed E-state index contributed by atoms with van der Waals surface area (Å²) in [5.74, 6) is 1.24. The van der Waals surface area contributed by atoms with Gasteiger partial charge in [-0.15, -0.1) is 0 Å². The smallest absolute Gasteiger partial charge is 0.245 e. The van der Waals surface area contributed by atoms with Gasteiger partial charge in [0.1, 0.15) is 11.9 Å². The number of H-pyrrole nitrogens is 1. The summed E-state index contributed by atoms with van der Waals surface area (Å²) in [6, 6.07) is 11.7. The number of likely N-dealkylation sites (N-methyl/N-ethyl adjacent to an activating group) is 1. The molecule has 0 fully saturated rings. The Morgan fingerprint density at radius 1 is 1.23 bits per heavy atom. The zero-order valence-electron chi connectivity index (χ0n) is 15.7. The molecule has 1 aromatic carbocycles. The first-order chi connectivity index (χ1) is 12.5. The number of hydrogen-bond donors (Lipinski definition) is 1. The number of nitrogens with zero attached hydrogens (tertiary/aromatic N) is 4. The van der Waals surface area contributed by atoms with Gasteiger partial charge in [-0.05, 0) is 13.0 Å². The first kappa shape index (κ1) is 17.9. The first-order valence-electron chi connectivity index (χ1n) is 8.84. The fraction of sp³-hybridized carbons (Fsp3) is 0.350. The molecule has 0 aliphatic heterocycles. The van der Waals surface area contributed by atoms with Crippen LogP contribution in [0.15, 0.2) is 48.8 Å². The molecular formula is C20H25N5O. The Balaban J connectivity index is 1.70. The highest BCUT2D eigenvalue weighted by atomic mass is 16.2. The van der Waals surface area contributed by atoms with Crippen LogP contribution in [0.3, 0.4) is 0 Å². The molecule has 3 rings (SSSR count). The van der Waals surface area contributed by atoms with E-state index in [0.717, 1.165) is 22.8 Å². The molecule has 0 bridgehead atoms. The molecule has 1 N–H and O–H groups in total. The molecule has 0 spiro atoms. The quantitative estimate of drug-likeness (QED) is 0.737. The van der Waals surface area contributed by atoms with Gasteiger partial charge in [0.15, 0.2) is 0 Å². The molecule has 0 unspecified atom stereocenters. The van der Waals surface area contributed by atoms with E-state index in [4.69, 9.17) is 0 Å². The third-order valence-corrected chi connectivity index (χ3v) is 4.47. The van der Waals surface area contributed by atoms with Crippen molar-refractivity contribution in [1.82, 2.24) is 24.6 Å². The second kappa shape index (κ2) is 7.56. The van der Waals surface area contributed by atoms with Gasteiger partial charge in [-0.25, -0.2) is 4.98 Å². The fourth-order valence-electron chi connectivity index (χ4n) is 3.07. The molecule has 0 saturated carbocycles. The Labute approximate surface area is 153 Å². The predicted molar refractivity (Wildman–Crippen MR) is 102 cm³/mol. The van der Waals surface area contributed by atoms with Crippen LogP contribution in [0.5, 0.6) is 0 Å². The van der Waals surface area contributed by atoms with Gasteiger partial charge < -0.3 is 9.47 Å². The predicted octanol–water partition coefficient (Wildman–Crippen LogP) is 3.62. The van der Waals surface area contributed by atoms with E-state index >= 15 is 0 Å². The maximum absolute atomic E-state index is 12.8. The van der Waals surface area contributed by atoms with Crippen LogP contribution in [0.2, 0.25) is 0 Å². The summed E-state index contributed by atoms with van der Waals surface area (Å²) in [6.07, 6.45) is 3.62. The van der Waals surface area contributed by atoms with Crippen molar-refractivity contribution in [1.29, 1.82) is 0 Å². The molecule has 26 heavy (non-hydrogen) atoms. The number of nitrogens with one attached hydrogen (secondary N) is 1. The minimum Gasteiger partial charge on any atom is -0.338 e. The standard InChI is InChI=1S/C20H25N5O/c1-14(2)19-21-10-11-25(19)15(3)20(26)24(4)13-17-12-18(23-22-17)16-8-6-5-7-9-16/h5-12,14-15H,13H2,1-4H3,(H,22,23)/t15-/m1/s1. The molecule has 2 aromatic heterocycles. The molecule has 0 radical (unpaired) electrons. The fourth-order valence-corrected chi connectivity index (χ4v) is 3.07. The van der Waals surface area contributed by atoms with Crippen LogP contribution in [-0.4, -0.2) is 37.6 Å². The van der Waals surface area contributed by atoms with E-state index in [1.54, 1.807) is 11.1 Å². The van der Waals surface area contributed by atoms with Crippen LogP contribution >= 0.6 is 0 Å². The van der Waals surface area contributed by atoms with Gasteiger partial charge in [0.2, 0.25) is 5.91 Å². The number of aromatic amines is 1. The van der Waals surface area contributed by atoms with Crippen molar-refractivity contribution in [2.45, 2.75) is 39.3 Å². The van der Waals surface area contributed by atoms with E-state index in [0.29, 0.717) is 6.54 Å². The van der Waals surface area contributed by atoms with E-state index in [1.165, 1.54) is 0 Å². The lowest BCUT2D eigenvalue weighted by atomic mass is 10.1. The average molecular weight is 351 g/mol.